The van der Waals surface area contributed by atoms with Crippen LogP contribution in [0.2, 0.25) is 0 Å². The fourth-order valence-corrected chi connectivity index (χ4v) is 3.26. The van der Waals surface area contributed by atoms with E-state index >= 15 is 0 Å². The zero-order valence-electron chi connectivity index (χ0n) is 16.1. The topological polar surface area (TPSA) is 68.9 Å². The van der Waals surface area contributed by atoms with E-state index in [4.69, 9.17) is 13.9 Å². The second kappa shape index (κ2) is 7.72. The number of hydrogen-bond donors (Lipinski definition) is 1. The van der Waals surface area contributed by atoms with Crippen molar-refractivity contribution in [2.45, 2.75) is 13.0 Å². The van der Waals surface area contributed by atoms with Gasteiger partial charge in [-0.2, -0.15) is 0 Å². The van der Waals surface area contributed by atoms with Crippen LogP contribution >= 0.6 is 0 Å². The Labute approximate surface area is 167 Å². The number of phenols is 1. The molecule has 0 spiro atoms. The van der Waals surface area contributed by atoms with Crippen LogP contribution in [-0.2, 0) is 0 Å². The Morgan fingerprint density at radius 1 is 0.862 bits per heavy atom. The van der Waals surface area contributed by atoms with E-state index in [1.807, 2.05) is 49.4 Å². The van der Waals surface area contributed by atoms with Crippen LogP contribution in [0, 0.1) is 6.92 Å². The van der Waals surface area contributed by atoms with Gasteiger partial charge in [-0.25, -0.2) is 4.79 Å². The Hall–Kier alpha value is -3.73. The first kappa shape index (κ1) is 18.6. The maximum absolute atomic E-state index is 11.6. The Bertz CT molecular complexity index is 1190. The molecule has 0 aliphatic heterocycles. The number of fused-ring (bicyclic) bond motifs is 1. The largest absolute Gasteiger partial charge is 0.508 e. The Morgan fingerprint density at radius 3 is 2.14 bits per heavy atom. The first-order valence-corrected chi connectivity index (χ1v) is 9.17. The predicted octanol–water partition coefficient (Wildman–Crippen LogP) is 4.98. The predicted molar refractivity (Wildman–Crippen MR) is 111 cm³/mol. The van der Waals surface area contributed by atoms with E-state index in [1.54, 1.807) is 31.4 Å². The number of phenolic OH excluding ortho intramolecular Hbond substituents is 1. The highest BCUT2D eigenvalue weighted by Gasteiger charge is 2.17. The number of benzene rings is 3. The molecule has 0 aliphatic carbocycles. The molecule has 0 radical (unpaired) electrons. The Kier molecular flexibility index (Phi) is 4.96. The van der Waals surface area contributed by atoms with Gasteiger partial charge in [0.15, 0.2) is 0 Å². The summed E-state index contributed by atoms with van der Waals surface area (Å²) in [6.45, 7) is 1.87. The smallest absolute Gasteiger partial charge is 0.336 e. The maximum atomic E-state index is 11.6. The maximum Gasteiger partial charge on any atom is 0.336 e. The van der Waals surface area contributed by atoms with Crippen LogP contribution in [0.1, 0.15) is 22.8 Å². The lowest BCUT2D eigenvalue weighted by molar-refractivity contribution is 0.247. The number of methoxy groups -OCH3 is 1. The monoisotopic (exact) mass is 388 g/mol. The van der Waals surface area contributed by atoms with E-state index in [-0.39, 0.29) is 11.4 Å². The second-order valence-electron chi connectivity index (χ2n) is 6.77. The van der Waals surface area contributed by atoms with Gasteiger partial charge >= 0.3 is 5.63 Å². The molecule has 1 heterocycles. The average Bonchev–Trinajstić information content (AvgIpc) is 2.73. The Balaban J connectivity index is 1.75. The van der Waals surface area contributed by atoms with Crippen LogP contribution in [-0.4, -0.2) is 12.2 Å². The molecule has 3 aromatic carbocycles. The summed E-state index contributed by atoms with van der Waals surface area (Å²) in [7, 11) is 1.62. The van der Waals surface area contributed by atoms with Crippen molar-refractivity contribution in [2.75, 3.05) is 7.11 Å². The molecule has 4 aromatic rings. The van der Waals surface area contributed by atoms with Crippen molar-refractivity contribution in [3.8, 4) is 17.2 Å². The molecule has 0 saturated heterocycles. The number of aryl methyl sites for hydroxylation is 1. The fourth-order valence-electron chi connectivity index (χ4n) is 3.26. The summed E-state index contributed by atoms with van der Waals surface area (Å²) in [5, 5.41) is 10.5. The molecule has 1 N–H and O–H groups in total. The molecule has 29 heavy (non-hydrogen) atoms. The van der Waals surface area contributed by atoms with E-state index < -0.39 is 6.10 Å². The van der Waals surface area contributed by atoms with Crippen molar-refractivity contribution in [3.05, 3.63) is 99.9 Å². The van der Waals surface area contributed by atoms with Crippen molar-refractivity contribution < 1.29 is 19.0 Å². The number of aromatic hydroxyl groups is 1. The van der Waals surface area contributed by atoms with E-state index in [0.717, 1.165) is 27.8 Å². The summed E-state index contributed by atoms with van der Waals surface area (Å²) in [6, 6.07) is 21.4. The van der Waals surface area contributed by atoms with Gasteiger partial charge in [0.25, 0.3) is 0 Å². The third-order valence-corrected chi connectivity index (χ3v) is 4.79. The van der Waals surface area contributed by atoms with Gasteiger partial charge in [0.05, 0.1) is 7.11 Å². The van der Waals surface area contributed by atoms with Crippen molar-refractivity contribution in [1.82, 2.24) is 0 Å². The van der Waals surface area contributed by atoms with Crippen LogP contribution < -0.4 is 15.1 Å². The van der Waals surface area contributed by atoms with E-state index in [1.165, 1.54) is 6.07 Å². The highest BCUT2D eigenvalue weighted by atomic mass is 16.5. The summed E-state index contributed by atoms with van der Waals surface area (Å²) in [5.74, 6) is 1.59. The van der Waals surface area contributed by atoms with E-state index in [9.17, 15) is 9.90 Å². The molecule has 5 nitrogen and oxygen atoms in total. The minimum atomic E-state index is -0.394. The zero-order chi connectivity index (χ0) is 20.4. The molecule has 4 rings (SSSR count). The SMILES string of the molecule is COc1ccc(C(Oc2ccc3oc(=O)cc(C)c3c2)c2ccc(O)cc2)cc1. The average molecular weight is 388 g/mol. The molecule has 1 unspecified atom stereocenters. The standard InChI is InChI=1S/C24H20O5/c1-15-13-23(26)29-22-12-11-20(14-21(15)22)28-24(16-3-7-18(25)8-4-16)17-5-9-19(27-2)10-6-17/h3-14,24-25H,1-2H3. The van der Waals surface area contributed by atoms with Crippen molar-refractivity contribution in [3.63, 3.8) is 0 Å². The van der Waals surface area contributed by atoms with Crippen LogP contribution in [0.4, 0.5) is 0 Å². The van der Waals surface area contributed by atoms with Crippen LogP contribution in [0.5, 0.6) is 17.2 Å². The molecule has 0 fully saturated rings. The minimum Gasteiger partial charge on any atom is -0.508 e. The van der Waals surface area contributed by atoms with Gasteiger partial charge in [0.1, 0.15) is 28.9 Å². The molecular weight excluding hydrogens is 368 g/mol. The fraction of sp³-hybridized carbons (Fsp3) is 0.125. The second-order valence-corrected chi connectivity index (χ2v) is 6.77. The highest BCUT2D eigenvalue weighted by Crippen LogP contribution is 2.32. The quantitative estimate of drug-likeness (QED) is 0.488. The lowest BCUT2D eigenvalue weighted by Gasteiger charge is -2.21. The van der Waals surface area contributed by atoms with Crippen LogP contribution in [0.15, 0.2) is 82.0 Å². The summed E-state index contributed by atoms with van der Waals surface area (Å²) < 4.78 is 16.9. The summed E-state index contributed by atoms with van der Waals surface area (Å²) in [6.07, 6.45) is -0.394. The molecule has 0 saturated carbocycles. The first-order chi connectivity index (χ1) is 14.0. The molecule has 0 bridgehead atoms. The van der Waals surface area contributed by atoms with Gasteiger partial charge in [-0.3, -0.25) is 0 Å². The third kappa shape index (κ3) is 3.94. The van der Waals surface area contributed by atoms with Gasteiger partial charge in [-0.1, -0.05) is 24.3 Å². The molecule has 0 amide bonds. The number of hydrogen-bond acceptors (Lipinski definition) is 5. The zero-order valence-corrected chi connectivity index (χ0v) is 16.1. The van der Waals surface area contributed by atoms with Crippen molar-refractivity contribution in [1.29, 1.82) is 0 Å². The number of rotatable bonds is 5. The lowest BCUT2D eigenvalue weighted by Crippen LogP contribution is -2.09. The summed E-state index contributed by atoms with van der Waals surface area (Å²) in [4.78, 5) is 11.6. The van der Waals surface area contributed by atoms with Gasteiger partial charge in [-0.15, -0.1) is 0 Å². The molecule has 146 valence electrons. The van der Waals surface area contributed by atoms with E-state index in [2.05, 4.69) is 0 Å². The minimum absolute atomic E-state index is 0.193. The molecule has 5 heteroatoms. The van der Waals surface area contributed by atoms with Crippen LogP contribution in [0.3, 0.4) is 0 Å². The third-order valence-electron chi connectivity index (χ3n) is 4.79. The summed E-state index contributed by atoms with van der Waals surface area (Å²) in [5.41, 5.74) is 2.81. The van der Waals surface area contributed by atoms with Gasteiger partial charge in [0.2, 0.25) is 0 Å². The normalized spacial score (nSPS) is 11.9. The molecule has 1 aromatic heterocycles. The molecule has 0 aliphatic rings. The molecule has 1 atom stereocenters. The van der Waals surface area contributed by atoms with Gasteiger partial charge in [0, 0.05) is 11.5 Å². The van der Waals surface area contributed by atoms with Gasteiger partial charge < -0.3 is 19.0 Å². The van der Waals surface area contributed by atoms with Crippen LogP contribution in [0.25, 0.3) is 11.0 Å². The highest BCUT2D eigenvalue weighted by molar-refractivity contribution is 5.81. The lowest BCUT2D eigenvalue weighted by atomic mass is 10.0. The van der Waals surface area contributed by atoms with E-state index in [0.29, 0.717) is 11.3 Å². The molecular formula is C24H20O5. The Morgan fingerprint density at radius 2 is 1.48 bits per heavy atom. The summed E-state index contributed by atoms with van der Waals surface area (Å²) >= 11 is 0. The van der Waals surface area contributed by atoms with Crippen molar-refractivity contribution in [2.24, 2.45) is 0 Å². The first-order valence-electron chi connectivity index (χ1n) is 9.17. The van der Waals surface area contributed by atoms with Crippen molar-refractivity contribution >= 4 is 11.0 Å². The number of ether oxygens (including phenoxy) is 2. The van der Waals surface area contributed by atoms with Gasteiger partial charge in [-0.05, 0) is 66.1 Å².